The van der Waals surface area contributed by atoms with Gasteiger partial charge in [0.1, 0.15) is 0 Å². The van der Waals surface area contributed by atoms with E-state index in [1.807, 2.05) is 0 Å². The molecule has 0 saturated carbocycles. The lowest BCUT2D eigenvalue weighted by Crippen LogP contribution is -2.32. The molecule has 2 aliphatic rings. The summed E-state index contributed by atoms with van der Waals surface area (Å²) in [5, 5.41) is 3.48. The van der Waals surface area contributed by atoms with Crippen molar-refractivity contribution in [3.63, 3.8) is 0 Å². The maximum atomic E-state index is 6.03. The van der Waals surface area contributed by atoms with Crippen LogP contribution in [0.5, 0.6) is 0 Å². The first-order valence-electron chi connectivity index (χ1n) is 7.83. The van der Waals surface area contributed by atoms with Gasteiger partial charge in [-0.1, -0.05) is 0 Å². The Hall–Kier alpha value is -1.14. The zero-order chi connectivity index (χ0) is 14.5. The molecule has 0 bridgehead atoms. The van der Waals surface area contributed by atoms with Gasteiger partial charge in [0.2, 0.25) is 17.2 Å². The molecule has 1 aromatic rings. The van der Waals surface area contributed by atoms with Gasteiger partial charge >= 0.3 is 0 Å². The molecule has 116 valence electrons. The number of hydrogen-bond acceptors (Lipinski definition) is 6. The maximum Gasteiger partial charge on any atom is 0.231 e. The quantitative estimate of drug-likeness (QED) is 0.921. The Balaban J connectivity index is 1.62. The van der Waals surface area contributed by atoms with Gasteiger partial charge in [-0.15, -0.1) is 0 Å². The molecule has 1 unspecified atom stereocenters. The first kappa shape index (κ1) is 14.8. The number of aromatic nitrogens is 3. The lowest BCUT2D eigenvalue weighted by Gasteiger charge is -2.27. The third kappa shape index (κ3) is 4.17. The van der Waals surface area contributed by atoms with Crippen molar-refractivity contribution < 1.29 is 4.74 Å². The van der Waals surface area contributed by atoms with E-state index >= 15 is 0 Å². The molecule has 1 N–H and O–H groups in total. The molecular formula is C14H22ClN5O. The molecule has 0 amide bonds. The van der Waals surface area contributed by atoms with Gasteiger partial charge in [0.25, 0.3) is 0 Å². The third-order valence-corrected chi connectivity index (χ3v) is 4.17. The fourth-order valence-corrected chi connectivity index (χ4v) is 2.98. The fourth-order valence-electron chi connectivity index (χ4n) is 2.83. The van der Waals surface area contributed by atoms with E-state index in [9.17, 15) is 0 Å². The van der Waals surface area contributed by atoms with E-state index in [-0.39, 0.29) is 11.4 Å². The van der Waals surface area contributed by atoms with E-state index in [2.05, 4.69) is 25.2 Å². The van der Waals surface area contributed by atoms with E-state index in [1.165, 1.54) is 25.7 Å². The van der Waals surface area contributed by atoms with Crippen molar-refractivity contribution in [2.24, 2.45) is 0 Å². The first-order chi connectivity index (χ1) is 10.3. The highest BCUT2D eigenvalue weighted by Crippen LogP contribution is 2.19. The molecule has 1 atom stereocenters. The maximum absolute atomic E-state index is 6.03. The number of ether oxygens (including phenoxy) is 1. The number of rotatable bonds is 4. The zero-order valence-electron chi connectivity index (χ0n) is 12.2. The van der Waals surface area contributed by atoms with Crippen molar-refractivity contribution in [2.75, 3.05) is 36.5 Å². The van der Waals surface area contributed by atoms with Gasteiger partial charge in [-0.25, -0.2) is 0 Å². The molecule has 2 saturated heterocycles. The minimum absolute atomic E-state index is 0.243. The number of nitrogens with zero attached hydrogens (tertiary/aromatic N) is 4. The molecular weight excluding hydrogens is 290 g/mol. The van der Waals surface area contributed by atoms with E-state index in [4.69, 9.17) is 16.3 Å². The average Bonchev–Trinajstić information content (AvgIpc) is 2.54. The van der Waals surface area contributed by atoms with Crippen LogP contribution >= 0.6 is 11.6 Å². The summed E-state index contributed by atoms with van der Waals surface area (Å²) in [4.78, 5) is 15.1. The molecule has 3 rings (SSSR count). The highest BCUT2D eigenvalue weighted by molar-refractivity contribution is 6.28. The van der Waals surface area contributed by atoms with Crippen molar-refractivity contribution in [1.82, 2.24) is 15.0 Å². The van der Waals surface area contributed by atoms with Crippen LogP contribution in [0.1, 0.15) is 38.5 Å². The summed E-state index contributed by atoms with van der Waals surface area (Å²) in [6.07, 6.45) is 7.36. The van der Waals surface area contributed by atoms with Crippen molar-refractivity contribution in [3.8, 4) is 0 Å². The van der Waals surface area contributed by atoms with Gasteiger partial charge in [-0.05, 0) is 50.1 Å². The Morgan fingerprint density at radius 2 is 1.95 bits per heavy atom. The largest absolute Gasteiger partial charge is 0.376 e. The van der Waals surface area contributed by atoms with E-state index in [1.54, 1.807) is 0 Å². The highest BCUT2D eigenvalue weighted by atomic mass is 35.5. The molecule has 21 heavy (non-hydrogen) atoms. The van der Waals surface area contributed by atoms with Gasteiger partial charge in [0.05, 0.1) is 6.10 Å². The van der Waals surface area contributed by atoms with Gasteiger partial charge in [0, 0.05) is 26.2 Å². The normalized spacial score (nSPS) is 23.1. The van der Waals surface area contributed by atoms with Crippen LogP contribution in [0.25, 0.3) is 0 Å². The summed E-state index contributed by atoms with van der Waals surface area (Å²) < 4.78 is 5.70. The standard InChI is InChI=1S/C14H22ClN5O/c15-12-17-13(16-10-11-6-2-5-9-21-11)19-14(18-12)20-7-3-1-4-8-20/h11H,1-10H2,(H,16,17,18,19). The second kappa shape index (κ2) is 7.22. The summed E-state index contributed by atoms with van der Waals surface area (Å²) >= 11 is 6.03. The fraction of sp³-hybridized carbons (Fsp3) is 0.786. The van der Waals surface area contributed by atoms with E-state index in [0.717, 1.165) is 39.1 Å². The van der Waals surface area contributed by atoms with Crippen molar-refractivity contribution in [1.29, 1.82) is 0 Å². The van der Waals surface area contributed by atoms with Crippen LogP contribution in [0.4, 0.5) is 11.9 Å². The van der Waals surface area contributed by atoms with Crippen LogP contribution in [0.15, 0.2) is 0 Å². The molecule has 0 aromatic carbocycles. The Morgan fingerprint density at radius 1 is 1.10 bits per heavy atom. The number of piperidine rings is 1. The first-order valence-corrected chi connectivity index (χ1v) is 8.21. The summed E-state index contributed by atoms with van der Waals surface area (Å²) in [6.45, 7) is 3.56. The van der Waals surface area contributed by atoms with Gasteiger partial charge in [-0.2, -0.15) is 15.0 Å². The number of nitrogens with one attached hydrogen (secondary N) is 1. The second-order valence-corrected chi connectivity index (χ2v) is 5.98. The predicted octanol–water partition coefficient (Wildman–Crippen LogP) is 2.50. The minimum atomic E-state index is 0.243. The van der Waals surface area contributed by atoms with Gasteiger partial charge in [-0.3, -0.25) is 0 Å². The summed E-state index contributed by atoms with van der Waals surface area (Å²) in [5.41, 5.74) is 0. The molecule has 2 aliphatic heterocycles. The van der Waals surface area contributed by atoms with E-state index in [0.29, 0.717) is 11.9 Å². The Bertz CT molecular complexity index is 461. The lowest BCUT2D eigenvalue weighted by molar-refractivity contribution is 0.0246. The van der Waals surface area contributed by atoms with Crippen LogP contribution in [-0.2, 0) is 4.74 Å². The van der Waals surface area contributed by atoms with Crippen molar-refractivity contribution >= 4 is 23.5 Å². The van der Waals surface area contributed by atoms with E-state index < -0.39 is 0 Å². The smallest absolute Gasteiger partial charge is 0.231 e. The number of hydrogen-bond donors (Lipinski definition) is 1. The van der Waals surface area contributed by atoms with Gasteiger partial charge < -0.3 is 15.0 Å². The topological polar surface area (TPSA) is 63.2 Å². The molecule has 3 heterocycles. The van der Waals surface area contributed by atoms with Crippen LogP contribution in [-0.4, -0.2) is 47.3 Å². The summed E-state index contributed by atoms with van der Waals surface area (Å²) in [6, 6.07) is 0. The monoisotopic (exact) mass is 311 g/mol. The molecule has 1 aromatic heterocycles. The van der Waals surface area contributed by atoms with Crippen LogP contribution in [0.3, 0.4) is 0 Å². The molecule has 0 radical (unpaired) electrons. The van der Waals surface area contributed by atoms with Crippen molar-refractivity contribution in [2.45, 2.75) is 44.6 Å². The zero-order valence-corrected chi connectivity index (χ0v) is 13.0. The average molecular weight is 312 g/mol. The Labute approximate surface area is 130 Å². The highest BCUT2D eigenvalue weighted by Gasteiger charge is 2.17. The molecule has 0 aliphatic carbocycles. The van der Waals surface area contributed by atoms with Gasteiger partial charge in [0.15, 0.2) is 0 Å². The summed E-state index contributed by atoms with van der Waals surface area (Å²) in [5.74, 6) is 1.23. The molecule has 0 spiro atoms. The Kier molecular flexibility index (Phi) is 5.08. The molecule has 2 fully saturated rings. The minimum Gasteiger partial charge on any atom is -0.376 e. The SMILES string of the molecule is Clc1nc(NCC2CCCCO2)nc(N2CCCCC2)n1. The lowest BCUT2D eigenvalue weighted by atomic mass is 10.1. The molecule has 6 nitrogen and oxygen atoms in total. The molecule has 7 heteroatoms. The predicted molar refractivity (Wildman–Crippen MR) is 83.0 cm³/mol. The Morgan fingerprint density at radius 3 is 2.71 bits per heavy atom. The van der Waals surface area contributed by atoms with Crippen LogP contribution < -0.4 is 10.2 Å². The number of anilines is 2. The van der Waals surface area contributed by atoms with Crippen LogP contribution in [0, 0.1) is 0 Å². The third-order valence-electron chi connectivity index (χ3n) is 4.00. The van der Waals surface area contributed by atoms with Crippen LogP contribution in [0.2, 0.25) is 5.28 Å². The van der Waals surface area contributed by atoms with Crippen molar-refractivity contribution in [3.05, 3.63) is 5.28 Å². The second-order valence-electron chi connectivity index (χ2n) is 5.65. The number of halogens is 1. The summed E-state index contributed by atoms with van der Waals surface area (Å²) in [7, 11) is 0.